The molecule has 0 aromatic carbocycles. The molecule has 0 saturated heterocycles. The molecule has 0 aromatic heterocycles. The van der Waals surface area contributed by atoms with Crippen LogP contribution in [0.15, 0.2) is 0 Å². The maximum atomic E-state index is 9.61. The molecule has 0 fully saturated rings. The van der Waals surface area contributed by atoms with Gasteiger partial charge in [-0.1, -0.05) is 12.2 Å². The minimum absolute atomic E-state index is 0.170. The molecule has 0 unspecified atom stereocenters. The number of nitrogens with one attached hydrogen (secondary N) is 1. The van der Waals surface area contributed by atoms with Crippen molar-refractivity contribution in [1.29, 1.82) is 5.41 Å². The lowest BCUT2D eigenvalue weighted by Gasteiger charge is -2.26. The molecule has 0 aliphatic carbocycles. The molecule has 100 valence electrons. The second kappa shape index (κ2) is 8.45. The van der Waals surface area contributed by atoms with E-state index in [2.05, 4.69) is 17.0 Å². The Bertz CT molecular complexity index is 252. The molecule has 5 N–H and O–H groups in total. The minimum atomic E-state index is -1.60. The summed E-state index contributed by atoms with van der Waals surface area (Å²) in [6, 6.07) is 0. The number of aliphatic hydroxyl groups is 4. The van der Waals surface area contributed by atoms with E-state index >= 15 is 0 Å². The Hall–Kier alpha value is -0.640. The number of thiocarbonyl (C=S) groups is 1. The molecule has 17 heavy (non-hydrogen) atoms. The van der Waals surface area contributed by atoms with Crippen LogP contribution in [0.4, 0.5) is 0 Å². The van der Waals surface area contributed by atoms with Gasteiger partial charge in [0.15, 0.2) is 0 Å². The summed E-state index contributed by atoms with van der Waals surface area (Å²) in [6.07, 6.45) is -5.65. The van der Waals surface area contributed by atoms with E-state index in [0.29, 0.717) is 0 Å². The highest BCUT2D eigenvalue weighted by Gasteiger charge is 2.30. The maximum Gasteiger partial charge on any atom is 0.206 e. The van der Waals surface area contributed by atoms with Crippen molar-refractivity contribution in [1.82, 2.24) is 0 Å². The van der Waals surface area contributed by atoms with Crippen molar-refractivity contribution in [3.05, 3.63) is 0 Å². The molecular weight excluding hydrogens is 250 g/mol. The lowest BCUT2D eigenvalue weighted by atomic mass is 10.0. The Balaban J connectivity index is 4.34. The Morgan fingerprint density at radius 2 is 1.94 bits per heavy atom. The standard InChI is InChI=1S/C9H17NO6S/c1-15-7(10)3-16-6(4-17)9(14)8(13)5(12)2-11/h4-6,8-14H,2-3H2,1H3/t5-,6-,8-,9-/m1/s1. The van der Waals surface area contributed by atoms with Gasteiger partial charge in [-0.25, -0.2) is 0 Å². The van der Waals surface area contributed by atoms with Crippen LogP contribution >= 0.6 is 12.2 Å². The first-order valence-corrected chi connectivity index (χ1v) is 5.28. The molecule has 0 amide bonds. The zero-order valence-electron chi connectivity index (χ0n) is 9.31. The Morgan fingerprint density at radius 1 is 1.35 bits per heavy atom. The van der Waals surface area contributed by atoms with Gasteiger partial charge in [0, 0.05) is 5.37 Å². The topological polar surface area (TPSA) is 123 Å². The van der Waals surface area contributed by atoms with Crippen molar-refractivity contribution in [2.45, 2.75) is 24.4 Å². The number of ether oxygens (including phenoxy) is 2. The number of rotatable bonds is 8. The highest BCUT2D eigenvalue weighted by molar-refractivity contribution is 7.79. The van der Waals surface area contributed by atoms with Gasteiger partial charge in [0.25, 0.3) is 0 Å². The lowest BCUT2D eigenvalue weighted by molar-refractivity contribution is -0.109. The number of aliphatic hydroxyl groups excluding tert-OH is 4. The highest BCUT2D eigenvalue weighted by Crippen LogP contribution is 2.07. The van der Waals surface area contributed by atoms with Gasteiger partial charge in [0.1, 0.15) is 31.0 Å². The summed E-state index contributed by atoms with van der Waals surface area (Å²) in [6.45, 7) is -0.927. The fourth-order valence-corrected chi connectivity index (χ4v) is 1.22. The van der Waals surface area contributed by atoms with E-state index in [9.17, 15) is 10.2 Å². The molecule has 0 aliphatic heterocycles. The van der Waals surface area contributed by atoms with Gasteiger partial charge in [-0.05, 0) is 0 Å². The van der Waals surface area contributed by atoms with Crippen LogP contribution in [0.25, 0.3) is 0 Å². The van der Waals surface area contributed by atoms with Crippen molar-refractivity contribution in [3.8, 4) is 0 Å². The maximum absolute atomic E-state index is 9.61. The Morgan fingerprint density at radius 3 is 2.35 bits per heavy atom. The predicted octanol–water partition coefficient (Wildman–Crippen LogP) is -1.93. The van der Waals surface area contributed by atoms with E-state index in [1.807, 2.05) is 0 Å². The fraction of sp³-hybridized carbons (Fsp3) is 0.778. The van der Waals surface area contributed by atoms with E-state index < -0.39 is 31.0 Å². The van der Waals surface area contributed by atoms with Crippen molar-refractivity contribution < 1.29 is 29.9 Å². The monoisotopic (exact) mass is 267 g/mol. The molecule has 7 nitrogen and oxygen atoms in total. The zero-order chi connectivity index (χ0) is 13.4. The number of hydrogen-bond donors (Lipinski definition) is 5. The minimum Gasteiger partial charge on any atom is -0.483 e. The molecule has 0 aromatic rings. The van der Waals surface area contributed by atoms with E-state index in [-0.39, 0.29) is 12.5 Å². The molecule has 0 rings (SSSR count). The Labute approximate surface area is 104 Å². The van der Waals surface area contributed by atoms with Crippen LogP contribution in [0, 0.1) is 5.41 Å². The van der Waals surface area contributed by atoms with Gasteiger partial charge in [0.05, 0.1) is 13.7 Å². The molecule has 8 heteroatoms. The molecule has 0 saturated carbocycles. The second-order valence-corrected chi connectivity index (χ2v) is 3.54. The fourth-order valence-electron chi connectivity index (χ4n) is 0.979. The van der Waals surface area contributed by atoms with Gasteiger partial charge in [-0.15, -0.1) is 0 Å². The summed E-state index contributed by atoms with van der Waals surface area (Å²) in [5.41, 5.74) is 0. The zero-order valence-corrected chi connectivity index (χ0v) is 10.1. The first-order chi connectivity index (χ1) is 7.97. The first kappa shape index (κ1) is 16.4. The SMILES string of the molecule is COC(=N)CO[C@H](C=S)[C@@H](O)[C@H](O)[C@H](O)CO. The molecule has 0 bridgehead atoms. The quantitative estimate of drug-likeness (QED) is 0.197. The summed E-state index contributed by atoms with van der Waals surface area (Å²) in [5, 5.41) is 45.0. The molecular formula is C9H17NO6S. The van der Waals surface area contributed by atoms with Gasteiger partial charge < -0.3 is 29.9 Å². The van der Waals surface area contributed by atoms with Crippen molar-refractivity contribution in [2.75, 3.05) is 20.3 Å². The van der Waals surface area contributed by atoms with Crippen LogP contribution in [0.2, 0.25) is 0 Å². The largest absolute Gasteiger partial charge is 0.483 e. The van der Waals surface area contributed by atoms with Crippen LogP contribution in [-0.2, 0) is 9.47 Å². The third kappa shape index (κ3) is 5.48. The summed E-state index contributed by atoms with van der Waals surface area (Å²) in [5.74, 6) is -0.170. The van der Waals surface area contributed by atoms with Gasteiger partial charge in [-0.2, -0.15) is 0 Å². The van der Waals surface area contributed by atoms with E-state index in [4.69, 9.17) is 20.4 Å². The summed E-state index contributed by atoms with van der Waals surface area (Å²) < 4.78 is 9.54. The van der Waals surface area contributed by atoms with Crippen LogP contribution in [0.1, 0.15) is 0 Å². The van der Waals surface area contributed by atoms with E-state index in [1.54, 1.807) is 0 Å². The lowest BCUT2D eigenvalue weighted by Crippen LogP contribution is -2.47. The number of hydrogen-bond acceptors (Lipinski definition) is 8. The highest BCUT2D eigenvalue weighted by atomic mass is 32.1. The van der Waals surface area contributed by atoms with Crippen LogP contribution in [-0.4, -0.2) is 76.4 Å². The first-order valence-electron chi connectivity index (χ1n) is 4.81. The summed E-state index contributed by atoms with van der Waals surface area (Å²) in [7, 11) is 1.29. The third-order valence-electron chi connectivity index (χ3n) is 2.06. The average Bonchev–Trinajstić information content (AvgIpc) is 2.36. The molecule has 4 atom stereocenters. The second-order valence-electron chi connectivity index (χ2n) is 3.27. The molecule has 0 heterocycles. The summed E-state index contributed by atoms with van der Waals surface area (Å²) in [4.78, 5) is 0. The van der Waals surface area contributed by atoms with Crippen molar-refractivity contribution in [2.24, 2.45) is 0 Å². The van der Waals surface area contributed by atoms with Gasteiger partial charge >= 0.3 is 0 Å². The summed E-state index contributed by atoms with van der Waals surface area (Å²) >= 11 is 4.60. The van der Waals surface area contributed by atoms with Crippen molar-refractivity contribution >= 4 is 23.5 Å². The van der Waals surface area contributed by atoms with Crippen LogP contribution < -0.4 is 0 Å². The molecule has 0 radical (unpaired) electrons. The van der Waals surface area contributed by atoms with Crippen molar-refractivity contribution in [3.63, 3.8) is 0 Å². The smallest absolute Gasteiger partial charge is 0.206 e. The molecule has 0 spiro atoms. The van der Waals surface area contributed by atoms with Gasteiger partial charge in [-0.3, -0.25) is 5.41 Å². The molecule has 0 aliphatic rings. The van der Waals surface area contributed by atoms with E-state index in [1.165, 1.54) is 7.11 Å². The Kier molecular flexibility index (Phi) is 8.13. The van der Waals surface area contributed by atoms with E-state index in [0.717, 1.165) is 5.37 Å². The average molecular weight is 267 g/mol. The number of methoxy groups -OCH3 is 1. The third-order valence-corrected chi connectivity index (χ3v) is 2.32. The normalized spacial score (nSPS) is 17.9. The van der Waals surface area contributed by atoms with Crippen LogP contribution in [0.3, 0.4) is 0 Å². The van der Waals surface area contributed by atoms with Crippen LogP contribution in [0.5, 0.6) is 0 Å². The van der Waals surface area contributed by atoms with Gasteiger partial charge in [0.2, 0.25) is 5.90 Å². The predicted molar refractivity (Wildman–Crippen MR) is 63.2 cm³/mol.